The molecule has 4 atom stereocenters. The van der Waals surface area contributed by atoms with Crippen LogP contribution >= 0.6 is 0 Å². The van der Waals surface area contributed by atoms with Gasteiger partial charge in [-0.25, -0.2) is 0 Å². The van der Waals surface area contributed by atoms with Crippen molar-refractivity contribution in [2.24, 2.45) is 58.1 Å². The lowest BCUT2D eigenvalue weighted by molar-refractivity contribution is -0.119. The van der Waals surface area contributed by atoms with Crippen molar-refractivity contribution in [3.63, 3.8) is 0 Å². The molecule has 0 heterocycles. The molecule has 0 saturated heterocycles. The van der Waals surface area contributed by atoms with Gasteiger partial charge in [-0.05, 0) is 122 Å². The molecule has 464 valence electrons. The molecule has 0 aliphatic rings. The minimum atomic E-state index is -1.18. The number of anilines is 4. The van der Waals surface area contributed by atoms with Crippen molar-refractivity contribution in [3.05, 3.63) is 95.1 Å². The molecule has 19 N–H and O–H groups in total. The molecule has 0 aliphatic carbocycles. The van der Waals surface area contributed by atoms with Crippen LogP contribution in [0.3, 0.4) is 0 Å². The molecular weight excluding hydrogens is 1090 g/mol. The fourth-order valence-electron chi connectivity index (χ4n) is 8.69. The van der Waals surface area contributed by atoms with E-state index in [-0.39, 0.29) is 164 Å². The fourth-order valence-corrected chi connectivity index (χ4v) is 8.69. The van der Waals surface area contributed by atoms with Gasteiger partial charge in [0.2, 0.25) is 23.6 Å². The largest absolute Gasteiger partial charge is 0.491 e. The summed E-state index contributed by atoms with van der Waals surface area (Å²) in [6.07, 6.45) is 0.956. The maximum Gasteiger partial charge on any atom is 0.255 e. The number of nitrogens with two attached hydrogens (primary N) is 6. The van der Waals surface area contributed by atoms with E-state index in [9.17, 15) is 38.4 Å². The standard InChI is InChI=1S/C60H87N13O12/c1-33(2)25-45(65)57(78)67-38-10-14-50(83-22-18-62)42(30-38)54(75)72-47(27-35(5)6)59(80)69-40-12-16-52(85-24-20-64)44(32-40)56(77)73-48(28-36(7)8)60(81)70-39-11-15-51(84-23-19-63)43(31-39)55(76)71-46(26-34(3)4)58(79)68-37-9-13-49(82-21-17-61)41(29-37)53(66)74/h9-16,29-36,45-48H,17-28,61-65H2,1-8H3,(H2,66,74)(H,67,78)(H,68,79)(H,69,80)(H,70,81)(H,71,76)(H,72,75)(H,73,77)/t45-,46-,47-,48-/m0/s1. The van der Waals surface area contributed by atoms with E-state index >= 15 is 0 Å². The second-order valence-electron chi connectivity index (χ2n) is 21.9. The fraction of sp³-hybridized carbons (Fsp3) is 0.467. The van der Waals surface area contributed by atoms with Crippen LogP contribution in [0.5, 0.6) is 23.0 Å². The summed E-state index contributed by atoms with van der Waals surface area (Å²) < 4.78 is 23.0. The molecule has 25 heteroatoms. The Hall–Kier alpha value is -8.36. The van der Waals surface area contributed by atoms with Gasteiger partial charge >= 0.3 is 0 Å². The number of nitrogens with one attached hydrogen (secondary N) is 7. The minimum Gasteiger partial charge on any atom is -0.491 e. The predicted molar refractivity (Wildman–Crippen MR) is 327 cm³/mol. The van der Waals surface area contributed by atoms with E-state index < -0.39 is 71.4 Å². The molecule has 0 bridgehead atoms. The van der Waals surface area contributed by atoms with Crippen molar-refractivity contribution < 1.29 is 57.3 Å². The Morgan fingerprint density at radius 2 is 0.624 bits per heavy atom. The van der Waals surface area contributed by atoms with Crippen LogP contribution in [0.25, 0.3) is 0 Å². The number of amides is 8. The second-order valence-corrected chi connectivity index (χ2v) is 21.9. The molecule has 4 rings (SSSR count). The van der Waals surface area contributed by atoms with Crippen molar-refractivity contribution in [3.8, 4) is 23.0 Å². The van der Waals surface area contributed by atoms with E-state index in [2.05, 4.69) is 37.2 Å². The highest BCUT2D eigenvalue weighted by Crippen LogP contribution is 2.29. The van der Waals surface area contributed by atoms with Crippen LogP contribution in [-0.4, -0.2) is 124 Å². The number of rotatable bonds is 35. The first-order valence-corrected chi connectivity index (χ1v) is 28.5. The molecule has 0 aliphatic heterocycles. The lowest BCUT2D eigenvalue weighted by atomic mass is 10.0. The van der Waals surface area contributed by atoms with Crippen LogP contribution in [0.15, 0.2) is 72.8 Å². The number of benzene rings is 4. The van der Waals surface area contributed by atoms with E-state index in [1.54, 1.807) is 6.07 Å². The van der Waals surface area contributed by atoms with Crippen molar-refractivity contribution >= 4 is 70.0 Å². The van der Waals surface area contributed by atoms with E-state index in [0.29, 0.717) is 6.42 Å². The van der Waals surface area contributed by atoms with Gasteiger partial charge in [0, 0.05) is 48.9 Å². The summed E-state index contributed by atoms with van der Waals surface area (Å²) in [5.74, 6) is -4.90. The van der Waals surface area contributed by atoms with Crippen LogP contribution in [-0.2, 0) is 19.2 Å². The predicted octanol–water partition coefficient (Wildman–Crippen LogP) is 3.80. The topological polar surface area (TPSA) is 414 Å². The number of hydrogen-bond acceptors (Lipinski definition) is 17. The summed E-state index contributed by atoms with van der Waals surface area (Å²) in [6, 6.07) is 13.3. The van der Waals surface area contributed by atoms with Gasteiger partial charge in [-0.3, -0.25) is 38.4 Å². The Balaban J connectivity index is 1.61. The van der Waals surface area contributed by atoms with Crippen LogP contribution in [0.2, 0.25) is 0 Å². The SMILES string of the molecule is CC(C)C[C@H](NC(=O)c1cc(NC(=O)[C@H](CC(C)C)NC(=O)c2cc(NC(=O)[C@H](CC(C)C)NC(=O)c3cc(NC(=O)[C@@H](N)CC(C)C)ccc3OCCN)ccc2OCCN)ccc1OCCN)C(=O)Nc1ccc(OCCN)c(C(N)=O)c1. The van der Waals surface area contributed by atoms with Gasteiger partial charge in [-0.2, -0.15) is 0 Å². The number of ether oxygens (including phenoxy) is 4. The zero-order valence-corrected chi connectivity index (χ0v) is 49.9. The average molecular weight is 1180 g/mol. The summed E-state index contributed by atoms with van der Waals surface area (Å²) in [5.41, 5.74) is 35.2. The normalized spacial score (nSPS) is 12.6. The van der Waals surface area contributed by atoms with Crippen LogP contribution in [0.4, 0.5) is 22.7 Å². The van der Waals surface area contributed by atoms with Crippen molar-refractivity contribution in [2.45, 2.75) is 105 Å². The smallest absolute Gasteiger partial charge is 0.255 e. The van der Waals surface area contributed by atoms with E-state index in [1.165, 1.54) is 66.7 Å². The van der Waals surface area contributed by atoms with Crippen molar-refractivity contribution in [1.82, 2.24) is 16.0 Å². The van der Waals surface area contributed by atoms with Crippen LogP contribution in [0.1, 0.15) is 123 Å². The highest BCUT2D eigenvalue weighted by molar-refractivity contribution is 6.07. The molecule has 25 nitrogen and oxygen atoms in total. The van der Waals surface area contributed by atoms with Crippen LogP contribution < -0.4 is 90.6 Å². The molecule has 0 fully saturated rings. The number of hydrogen-bond donors (Lipinski definition) is 13. The Labute approximate surface area is 496 Å². The summed E-state index contributed by atoms with van der Waals surface area (Å²) in [7, 11) is 0. The lowest BCUT2D eigenvalue weighted by Gasteiger charge is -2.23. The quantitative estimate of drug-likeness (QED) is 0.0311. The molecule has 0 aromatic heterocycles. The van der Waals surface area contributed by atoms with Gasteiger partial charge in [0.15, 0.2) is 0 Å². The maximum absolute atomic E-state index is 14.5. The van der Waals surface area contributed by atoms with E-state index in [4.69, 9.17) is 53.3 Å². The summed E-state index contributed by atoms with van der Waals surface area (Å²) in [4.78, 5) is 110. The third kappa shape index (κ3) is 22.3. The minimum absolute atomic E-state index is 0.0119. The number of carbonyl (C=O) groups excluding carboxylic acids is 8. The Kier molecular flexibility index (Phi) is 28.0. The molecule has 85 heavy (non-hydrogen) atoms. The number of primary amides is 1. The van der Waals surface area contributed by atoms with Gasteiger partial charge < -0.3 is 90.6 Å². The zero-order valence-electron chi connectivity index (χ0n) is 49.9. The van der Waals surface area contributed by atoms with Crippen molar-refractivity contribution in [1.29, 1.82) is 0 Å². The molecular formula is C60H87N13O12. The Bertz CT molecular complexity index is 2940. The molecule has 0 unspecified atom stereocenters. The second kappa shape index (κ2) is 34.4. The third-order valence-corrected chi connectivity index (χ3v) is 12.5. The van der Waals surface area contributed by atoms with Gasteiger partial charge in [0.05, 0.1) is 28.3 Å². The monoisotopic (exact) mass is 1180 g/mol. The highest BCUT2D eigenvalue weighted by atomic mass is 16.5. The molecule has 0 spiro atoms. The summed E-state index contributed by atoms with van der Waals surface area (Å²) in [5, 5.41) is 19.5. The van der Waals surface area contributed by atoms with Gasteiger partial charge in [0.1, 0.15) is 67.6 Å². The zero-order chi connectivity index (χ0) is 62.9. The van der Waals surface area contributed by atoms with Gasteiger partial charge in [0.25, 0.3) is 23.6 Å². The van der Waals surface area contributed by atoms with Gasteiger partial charge in [-0.1, -0.05) is 55.4 Å². The molecule has 4 aromatic rings. The van der Waals surface area contributed by atoms with E-state index in [1.807, 2.05) is 55.4 Å². The lowest BCUT2D eigenvalue weighted by Crippen LogP contribution is -2.45. The van der Waals surface area contributed by atoms with Crippen LogP contribution in [0, 0.1) is 23.7 Å². The third-order valence-electron chi connectivity index (χ3n) is 12.5. The summed E-state index contributed by atoms with van der Waals surface area (Å²) >= 11 is 0. The molecule has 0 saturated carbocycles. The first-order chi connectivity index (χ1) is 40.4. The Morgan fingerprint density at radius 1 is 0.376 bits per heavy atom. The Morgan fingerprint density at radius 3 is 0.871 bits per heavy atom. The summed E-state index contributed by atoms with van der Waals surface area (Å²) in [6.45, 7) is 15.9. The molecule has 4 aromatic carbocycles. The first-order valence-electron chi connectivity index (χ1n) is 28.5. The maximum atomic E-state index is 14.5. The highest BCUT2D eigenvalue weighted by Gasteiger charge is 2.30. The average Bonchev–Trinajstić information content (AvgIpc) is 3.29. The number of carbonyl (C=O) groups is 8. The van der Waals surface area contributed by atoms with Crippen molar-refractivity contribution in [2.75, 3.05) is 73.9 Å². The van der Waals surface area contributed by atoms with E-state index in [0.717, 1.165) is 0 Å². The molecule has 8 amide bonds. The molecule has 0 radical (unpaired) electrons. The first kappa shape index (κ1) is 69.1. The van der Waals surface area contributed by atoms with Gasteiger partial charge in [-0.15, -0.1) is 0 Å².